The number of carbonyl (C=O) groups is 1. The largest absolute Gasteiger partial charge is 0.446 e. The van der Waals surface area contributed by atoms with E-state index in [1.54, 1.807) is 0 Å². The molecule has 9 heteroatoms. The van der Waals surface area contributed by atoms with E-state index in [1.165, 1.54) is 0 Å². The summed E-state index contributed by atoms with van der Waals surface area (Å²) >= 11 is 0. The van der Waals surface area contributed by atoms with Gasteiger partial charge in [0, 0.05) is 37.9 Å². The predicted octanol–water partition coefficient (Wildman–Crippen LogP) is 6.71. The Hall–Kier alpha value is -2.65. The van der Waals surface area contributed by atoms with Crippen LogP contribution in [-0.4, -0.2) is 53.7 Å². The van der Waals surface area contributed by atoms with Crippen molar-refractivity contribution < 1.29 is 14.3 Å². The molecule has 2 atom stereocenters. The minimum Gasteiger partial charge on any atom is -0.446 e. The maximum absolute atomic E-state index is 12.1. The lowest BCUT2D eigenvalue weighted by atomic mass is 10.00. The number of fused-ring (bicyclic) bond motifs is 1. The van der Waals surface area contributed by atoms with Gasteiger partial charge in [0.1, 0.15) is 12.8 Å². The van der Waals surface area contributed by atoms with Crippen molar-refractivity contribution in [2.45, 2.75) is 111 Å². The summed E-state index contributed by atoms with van der Waals surface area (Å²) in [5, 5.41) is 15.4. The second kappa shape index (κ2) is 12.7. The van der Waals surface area contributed by atoms with Gasteiger partial charge in [-0.25, -0.2) is 9.78 Å². The number of imidazole rings is 1. The number of rotatable bonds is 11. The third-order valence-corrected chi connectivity index (χ3v) is 8.44. The van der Waals surface area contributed by atoms with Crippen LogP contribution in [0.4, 0.5) is 4.79 Å². The smallest absolute Gasteiger partial charge is 0.407 e. The topological polar surface area (TPSA) is 101 Å². The zero-order chi connectivity index (χ0) is 29.0. The molecule has 0 aliphatic heterocycles. The number of para-hydroxylation sites is 1. The van der Waals surface area contributed by atoms with E-state index in [2.05, 4.69) is 68.6 Å². The predicted molar refractivity (Wildman–Crippen MR) is 163 cm³/mol. The molecule has 1 aromatic heterocycles. The van der Waals surface area contributed by atoms with Gasteiger partial charge >= 0.3 is 6.09 Å². The van der Waals surface area contributed by atoms with Crippen LogP contribution in [0.2, 0.25) is 25.7 Å². The highest BCUT2D eigenvalue weighted by molar-refractivity contribution is 6.76. The van der Waals surface area contributed by atoms with E-state index in [4.69, 9.17) is 19.9 Å². The number of amides is 1. The van der Waals surface area contributed by atoms with Gasteiger partial charge in [0.2, 0.25) is 0 Å². The summed E-state index contributed by atoms with van der Waals surface area (Å²) < 4.78 is 14.0. The van der Waals surface area contributed by atoms with E-state index in [-0.39, 0.29) is 29.7 Å². The molecule has 1 fully saturated rings. The summed E-state index contributed by atoms with van der Waals surface area (Å²) in [5.41, 5.74) is 4.20. The Morgan fingerprint density at radius 3 is 2.62 bits per heavy atom. The minimum absolute atomic E-state index is 0.0196. The van der Waals surface area contributed by atoms with Crippen molar-refractivity contribution in [3.8, 4) is 0 Å². The van der Waals surface area contributed by atoms with E-state index in [0.717, 1.165) is 53.6 Å². The molecule has 0 radical (unpaired) electrons. The fourth-order valence-corrected chi connectivity index (χ4v) is 5.57. The normalized spacial score (nSPS) is 18.6. The second-order valence-corrected chi connectivity index (χ2v) is 19.0. The molecule has 0 bridgehead atoms. The average molecular weight is 556 g/mol. The molecule has 1 heterocycles. The molecule has 2 aromatic rings. The minimum atomic E-state index is -1.21. The molecule has 39 heavy (non-hydrogen) atoms. The van der Waals surface area contributed by atoms with Crippen LogP contribution in [0.5, 0.6) is 0 Å². The van der Waals surface area contributed by atoms with Crippen LogP contribution < -0.4 is 10.6 Å². The highest BCUT2D eigenvalue weighted by atomic mass is 28.3. The van der Waals surface area contributed by atoms with Gasteiger partial charge in [0.15, 0.2) is 5.82 Å². The highest BCUT2D eigenvalue weighted by Crippen LogP contribution is 2.31. The van der Waals surface area contributed by atoms with Crippen molar-refractivity contribution in [3.63, 3.8) is 0 Å². The molecular formula is C30H49N5O3Si. The summed E-state index contributed by atoms with van der Waals surface area (Å²) in [6.07, 6.45) is 3.59. The van der Waals surface area contributed by atoms with Gasteiger partial charge in [-0.3, -0.25) is 4.57 Å². The van der Waals surface area contributed by atoms with Crippen molar-refractivity contribution >= 4 is 36.6 Å². The molecule has 0 saturated heterocycles. The van der Waals surface area contributed by atoms with E-state index in [0.29, 0.717) is 18.9 Å². The number of alkyl carbamates (subject to hydrolysis) is 1. The van der Waals surface area contributed by atoms with Crippen molar-refractivity contribution in [1.82, 2.24) is 20.2 Å². The number of allylic oxidation sites excluding steroid dienone is 1. The van der Waals surface area contributed by atoms with Crippen LogP contribution in [0.1, 0.15) is 65.3 Å². The summed E-state index contributed by atoms with van der Waals surface area (Å²) in [6.45, 7) is 20.4. The standard InChI is InChI=1S/C30H49N5O3Si/c1-20(2)32-29(36)38-23-14-13-22(17-23)24(31)18-26(34-30(4,5)6)28-33-25-12-10-11-21(3)27(25)35(28)19-37-15-16-39(7,8)9/h10-12,18,20,22-23,31,34H,13-17,19H2,1-9H3,(H,32,36)/b26-18-,31-24?. The van der Waals surface area contributed by atoms with Gasteiger partial charge in [-0.1, -0.05) is 31.8 Å². The third kappa shape index (κ3) is 9.20. The maximum Gasteiger partial charge on any atom is 0.407 e. The quantitative estimate of drug-likeness (QED) is 0.163. The van der Waals surface area contributed by atoms with Gasteiger partial charge in [-0.05, 0) is 84.6 Å². The molecule has 8 nitrogen and oxygen atoms in total. The number of aryl methyl sites for hydroxylation is 1. The maximum atomic E-state index is 12.1. The van der Waals surface area contributed by atoms with Crippen LogP contribution in [0.3, 0.4) is 0 Å². The Bertz CT molecular complexity index is 1190. The molecule has 1 aliphatic rings. The van der Waals surface area contributed by atoms with Crippen molar-refractivity contribution in [3.05, 3.63) is 35.7 Å². The molecule has 1 aliphatic carbocycles. The third-order valence-electron chi connectivity index (χ3n) is 6.74. The van der Waals surface area contributed by atoms with E-state index in [1.807, 2.05) is 32.1 Å². The van der Waals surface area contributed by atoms with Crippen LogP contribution in [0.25, 0.3) is 16.7 Å². The summed E-state index contributed by atoms with van der Waals surface area (Å²) in [6, 6.07) is 7.29. The molecule has 1 aromatic carbocycles. The molecule has 216 valence electrons. The highest BCUT2D eigenvalue weighted by Gasteiger charge is 2.31. The number of benzene rings is 1. The molecule has 3 rings (SSSR count). The summed E-state index contributed by atoms with van der Waals surface area (Å²) in [4.78, 5) is 17.1. The fourth-order valence-electron chi connectivity index (χ4n) is 4.82. The number of hydrogen-bond acceptors (Lipinski definition) is 6. The lowest BCUT2D eigenvalue weighted by molar-refractivity contribution is 0.0891. The molecule has 1 amide bonds. The summed E-state index contributed by atoms with van der Waals surface area (Å²) in [5.74, 6) is 0.792. The average Bonchev–Trinajstić information content (AvgIpc) is 3.39. The SMILES string of the molecule is Cc1cccc2nc(/C(=C/C(=N)C3CCC(OC(=O)NC(C)C)C3)NC(C)(C)C)n(COCC[Si](C)(C)C)c12. The number of carbonyl (C=O) groups excluding carboxylic acids is 1. The van der Waals surface area contributed by atoms with Gasteiger partial charge in [-0.2, -0.15) is 0 Å². The Morgan fingerprint density at radius 2 is 1.97 bits per heavy atom. The Kier molecular flexibility index (Phi) is 10.0. The van der Waals surface area contributed by atoms with E-state index < -0.39 is 8.07 Å². The number of ether oxygens (including phenoxy) is 2. The molecule has 2 unspecified atom stereocenters. The Balaban J connectivity index is 1.90. The lowest BCUT2D eigenvalue weighted by Gasteiger charge is -2.25. The van der Waals surface area contributed by atoms with E-state index in [9.17, 15) is 4.79 Å². The first-order chi connectivity index (χ1) is 18.1. The van der Waals surface area contributed by atoms with Crippen LogP contribution in [0, 0.1) is 18.3 Å². The Morgan fingerprint density at radius 1 is 1.26 bits per heavy atom. The zero-order valence-corrected chi connectivity index (χ0v) is 26.4. The van der Waals surface area contributed by atoms with Crippen LogP contribution in [-0.2, 0) is 16.2 Å². The first-order valence-electron chi connectivity index (χ1n) is 14.2. The van der Waals surface area contributed by atoms with Gasteiger partial charge < -0.3 is 25.5 Å². The molecule has 1 saturated carbocycles. The second-order valence-electron chi connectivity index (χ2n) is 13.4. The zero-order valence-electron chi connectivity index (χ0n) is 25.4. The molecule has 0 spiro atoms. The van der Waals surface area contributed by atoms with Gasteiger partial charge in [-0.15, -0.1) is 0 Å². The summed E-state index contributed by atoms with van der Waals surface area (Å²) in [7, 11) is -1.21. The Labute approximate surface area is 235 Å². The first kappa shape index (κ1) is 30.9. The fraction of sp³-hybridized carbons (Fsp3) is 0.633. The van der Waals surface area contributed by atoms with Crippen molar-refractivity contribution in [2.75, 3.05) is 6.61 Å². The van der Waals surface area contributed by atoms with Gasteiger partial charge in [0.05, 0.1) is 16.7 Å². The lowest BCUT2D eigenvalue weighted by Crippen LogP contribution is -2.36. The van der Waals surface area contributed by atoms with Crippen molar-refractivity contribution in [2.24, 2.45) is 5.92 Å². The molecule has 3 N–H and O–H groups in total. The monoisotopic (exact) mass is 555 g/mol. The van der Waals surface area contributed by atoms with Crippen LogP contribution >= 0.6 is 0 Å². The number of aromatic nitrogens is 2. The van der Waals surface area contributed by atoms with E-state index >= 15 is 0 Å². The number of hydrogen-bond donors (Lipinski definition) is 3. The number of nitrogens with one attached hydrogen (secondary N) is 3. The van der Waals surface area contributed by atoms with Gasteiger partial charge in [0.25, 0.3) is 0 Å². The van der Waals surface area contributed by atoms with Crippen LogP contribution in [0.15, 0.2) is 24.3 Å². The molecular weight excluding hydrogens is 506 g/mol. The van der Waals surface area contributed by atoms with Crippen molar-refractivity contribution in [1.29, 1.82) is 5.41 Å². The number of nitrogens with zero attached hydrogens (tertiary/aromatic N) is 2. The first-order valence-corrected chi connectivity index (χ1v) is 17.9.